The molecule has 2 aromatic carbocycles. The summed E-state index contributed by atoms with van der Waals surface area (Å²) >= 11 is 0. The summed E-state index contributed by atoms with van der Waals surface area (Å²) < 4.78 is 10.9. The molecule has 0 aliphatic carbocycles. The molecule has 2 aliphatic rings. The highest BCUT2D eigenvalue weighted by Gasteiger charge is 2.28. The summed E-state index contributed by atoms with van der Waals surface area (Å²) in [6, 6.07) is 14.9. The van der Waals surface area contributed by atoms with Crippen LogP contribution in [0.15, 0.2) is 48.5 Å². The molecule has 4 rings (SSSR count). The molecule has 0 spiro atoms. The van der Waals surface area contributed by atoms with Gasteiger partial charge < -0.3 is 14.8 Å². The molecule has 1 amide bonds. The lowest BCUT2D eigenvalue weighted by Gasteiger charge is -2.26. The van der Waals surface area contributed by atoms with Crippen molar-refractivity contribution in [2.45, 2.75) is 12.5 Å². The monoisotopic (exact) mass is 380 g/mol. The molecule has 2 aliphatic heterocycles. The van der Waals surface area contributed by atoms with Crippen LogP contribution in [-0.4, -0.2) is 56.2 Å². The SMILES string of the molecule is O=C(NCCN1CCOCC1)c1ccc2c(c1)C[C@H](c1ccccc1)OC2=O. The quantitative estimate of drug-likeness (QED) is 0.806. The molecular formula is C22H24N2O4. The van der Waals surface area contributed by atoms with E-state index in [-0.39, 0.29) is 18.0 Å². The molecule has 1 fully saturated rings. The predicted octanol–water partition coefficient (Wildman–Crippen LogP) is 2.20. The van der Waals surface area contributed by atoms with E-state index in [1.807, 2.05) is 36.4 Å². The average Bonchev–Trinajstić information content (AvgIpc) is 2.74. The summed E-state index contributed by atoms with van der Waals surface area (Å²) in [5, 5.41) is 2.97. The minimum Gasteiger partial charge on any atom is -0.454 e. The fourth-order valence-electron chi connectivity index (χ4n) is 3.65. The molecule has 2 heterocycles. The number of fused-ring (bicyclic) bond motifs is 1. The summed E-state index contributed by atoms with van der Waals surface area (Å²) in [6.45, 7) is 4.69. The number of esters is 1. The van der Waals surface area contributed by atoms with E-state index in [1.54, 1.807) is 12.1 Å². The Hall–Kier alpha value is -2.70. The van der Waals surface area contributed by atoms with Crippen LogP contribution in [0.2, 0.25) is 0 Å². The van der Waals surface area contributed by atoms with Gasteiger partial charge >= 0.3 is 5.97 Å². The van der Waals surface area contributed by atoms with Crippen molar-refractivity contribution in [1.29, 1.82) is 0 Å². The van der Waals surface area contributed by atoms with Gasteiger partial charge in [0.25, 0.3) is 5.91 Å². The van der Waals surface area contributed by atoms with E-state index in [2.05, 4.69) is 10.2 Å². The number of hydrogen-bond acceptors (Lipinski definition) is 5. The van der Waals surface area contributed by atoms with Gasteiger partial charge in [-0.1, -0.05) is 30.3 Å². The van der Waals surface area contributed by atoms with Crippen LogP contribution in [0.3, 0.4) is 0 Å². The van der Waals surface area contributed by atoms with Crippen molar-refractivity contribution in [2.75, 3.05) is 39.4 Å². The van der Waals surface area contributed by atoms with E-state index in [1.165, 1.54) is 0 Å². The van der Waals surface area contributed by atoms with E-state index in [0.29, 0.717) is 24.1 Å². The Labute approximate surface area is 164 Å². The van der Waals surface area contributed by atoms with Crippen LogP contribution in [0, 0.1) is 0 Å². The minimum atomic E-state index is -0.339. The molecule has 1 atom stereocenters. The van der Waals surface area contributed by atoms with E-state index in [4.69, 9.17) is 9.47 Å². The number of cyclic esters (lactones) is 1. The van der Waals surface area contributed by atoms with Crippen LogP contribution in [0.25, 0.3) is 0 Å². The third-order valence-corrected chi connectivity index (χ3v) is 5.23. The van der Waals surface area contributed by atoms with Gasteiger partial charge in [-0.25, -0.2) is 4.79 Å². The molecule has 28 heavy (non-hydrogen) atoms. The second-order valence-corrected chi connectivity index (χ2v) is 7.09. The van der Waals surface area contributed by atoms with E-state index in [0.717, 1.165) is 44.0 Å². The number of nitrogens with zero attached hydrogens (tertiary/aromatic N) is 1. The molecule has 146 valence electrons. The Morgan fingerprint density at radius 2 is 1.89 bits per heavy atom. The Kier molecular flexibility index (Phi) is 5.69. The second-order valence-electron chi connectivity index (χ2n) is 7.09. The number of carbonyl (C=O) groups is 2. The largest absolute Gasteiger partial charge is 0.454 e. The summed E-state index contributed by atoms with van der Waals surface area (Å²) in [4.78, 5) is 27.2. The van der Waals surface area contributed by atoms with Crippen molar-refractivity contribution in [3.05, 3.63) is 70.8 Å². The highest BCUT2D eigenvalue weighted by Crippen LogP contribution is 2.31. The molecule has 0 unspecified atom stereocenters. The third kappa shape index (κ3) is 4.24. The molecule has 6 nitrogen and oxygen atoms in total. The van der Waals surface area contributed by atoms with Crippen molar-refractivity contribution >= 4 is 11.9 Å². The van der Waals surface area contributed by atoms with Gasteiger partial charge in [0.1, 0.15) is 6.10 Å². The summed E-state index contributed by atoms with van der Waals surface area (Å²) in [7, 11) is 0. The van der Waals surface area contributed by atoms with Gasteiger partial charge in [-0.15, -0.1) is 0 Å². The van der Waals surface area contributed by atoms with Gasteiger partial charge in [-0.3, -0.25) is 9.69 Å². The average molecular weight is 380 g/mol. The molecule has 6 heteroatoms. The lowest BCUT2D eigenvalue weighted by Crippen LogP contribution is -2.41. The maximum Gasteiger partial charge on any atom is 0.339 e. The predicted molar refractivity (Wildman–Crippen MR) is 104 cm³/mol. The van der Waals surface area contributed by atoms with Crippen LogP contribution in [0.4, 0.5) is 0 Å². The van der Waals surface area contributed by atoms with Crippen molar-refractivity contribution in [1.82, 2.24) is 10.2 Å². The molecule has 0 saturated carbocycles. The maximum absolute atomic E-state index is 12.5. The first-order chi connectivity index (χ1) is 13.7. The van der Waals surface area contributed by atoms with Crippen LogP contribution in [0.1, 0.15) is 37.9 Å². The van der Waals surface area contributed by atoms with Crippen molar-refractivity contribution in [3.63, 3.8) is 0 Å². The normalized spacial score (nSPS) is 19.6. The number of benzene rings is 2. The van der Waals surface area contributed by atoms with Gasteiger partial charge in [-0.2, -0.15) is 0 Å². The zero-order valence-corrected chi connectivity index (χ0v) is 15.7. The maximum atomic E-state index is 12.5. The third-order valence-electron chi connectivity index (χ3n) is 5.23. The van der Waals surface area contributed by atoms with Crippen LogP contribution in [0.5, 0.6) is 0 Å². The zero-order valence-electron chi connectivity index (χ0n) is 15.7. The smallest absolute Gasteiger partial charge is 0.339 e. The summed E-state index contributed by atoms with van der Waals surface area (Å²) in [5.41, 5.74) is 2.92. The number of amides is 1. The minimum absolute atomic E-state index is 0.119. The molecule has 2 aromatic rings. The first-order valence-corrected chi connectivity index (χ1v) is 9.68. The number of carbonyl (C=O) groups excluding carboxylic acids is 2. The Balaban J connectivity index is 1.41. The van der Waals surface area contributed by atoms with E-state index < -0.39 is 0 Å². The summed E-state index contributed by atoms with van der Waals surface area (Å²) in [5.74, 6) is -0.458. The fourth-order valence-corrected chi connectivity index (χ4v) is 3.65. The topological polar surface area (TPSA) is 67.9 Å². The first kappa shape index (κ1) is 18.7. The number of ether oxygens (including phenoxy) is 2. The van der Waals surface area contributed by atoms with Gasteiger partial charge in [0.05, 0.1) is 18.8 Å². The number of hydrogen-bond donors (Lipinski definition) is 1. The molecule has 0 bridgehead atoms. The van der Waals surface area contributed by atoms with Crippen molar-refractivity contribution in [2.24, 2.45) is 0 Å². The summed E-state index contributed by atoms with van der Waals surface area (Å²) in [6.07, 6.45) is 0.251. The number of rotatable bonds is 5. The molecular weight excluding hydrogens is 356 g/mol. The molecule has 1 N–H and O–H groups in total. The lowest BCUT2D eigenvalue weighted by molar-refractivity contribution is 0.0252. The van der Waals surface area contributed by atoms with Crippen molar-refractivity contribution < 1.29 is 19.1 Å². The Morgan fingerprint density at radius 3 is 2.68 bits per heavy atom. The van der Waals surface area contributed by atoms with Crippen LogP contribution < -0.4 is 5.32 Å². The second kappa shape index (κ2) is 8.54. The van der Waals surface area contributed by atoms with Crippen LogP contribution in [-0.2, 0) is 15.9 Å². The van der Waals surface area contributed by atoms with Gasteiger partial charge in [0.15, 0.2) is 0 Å². The van der Waals surface area contributed by atoms with Crippen molar-refractivity contribution in [3.8, 4) is 0 Å². The standard InChI is InChI=1S/C22H24N2O4/c25-21(23-8-9-24-10-12-27-13-11-24)17-6-7-19-18(14-17)15-20(28-22(19)26)16-4-2-1-3-5-16/h1-7,14,20H,8-13,15H2,(H,23,25)/t20-/m1/s1. The zero-order chi connectivity index (χ0) is 19.3. The van der Waals surface area contributed by atoms with E-state index >= 15 is 0 Å². The molecule has 0 aromatic heterocycles. The number of nitrogens with one attached hydrogen (secondary N) is 1. The first-order valence-electron chi connectivity index (χ1n) is 9.68. The van der Waals surface area contributed by atoms with Gasteiger partial charge in [-0.05, 0) is 29.3 Å². The molecule has 1 saturated heterocycles. The van der Waals surface area contributed by atoms with Gasteiger partial charge in [0, 0.05) is 38.2 Å². The van der Waals surface area contributed by atoms with E-state index in [9.17, 15) is 9.59 Å². The highest BCUT2D eigenvalue weighted by atomic mass is 16.5. The lowest BCUT2D eigenvalue weighted by atomic mass is 9.93. The van der Waals surface area contributed by atoms with Gasteiger partial charge in [0.2, 0.25) is 0 Å². The highest BCUT2D eigenvalue weighted by molar-refractivity contribution is 5.97. The molecule has 0 radical (unpaired) electrons. The fraction of sp³-hybridized carbons (Fsp3) is 0.364. The Morgan fingerprint density at radius 1 is 1.11 bits per heavy atom. The Bertz CT molecular complexity index is 847. The van der Waals surface area contributed by atoms with Crippen LogP contribution >= 0.6 is 0 Å². The number of morpholine rings is 1.